The maximum atomic E-state index is 13.6. The Bertz CT molecular complexity index is 765. The van der Waals surface area contributed by atoms with Crippen molar-refractivity contribution in [3.8, 4) is 16.9 Å². The average molecular weight is 336 g/mol. The average Bonchev–Trinajstić information content (AvgIpc) is 3.04. The summed E-state index contributed by atoms with van der Waals surface area (Å²) >= 11 is 0. The molecule has 0 fully saturated rings. The van der Waals surface area contributed by atoms with Crippen LogP contribution in [-0.4, -0.2) is 23.2 Å². The van der Waals surface area contributed by atoms with Gasteiger partial charge in [0.2, 0.25) is 0 Å². The SMILES string of the molecule is Cc1ncc(-c2ccc(F)c(OC(F)F)c2)cc1CN1C=COC1. The molecular formula is C17H15F3N2O2. The van der Waals surface area contributed by atoms with Gasteiger partial charge in [0, 0.05) is 30.2 Å². The molecule has 0 aliphatic carbocycles. The van der Waals surface area contributed by atoms with Crippen LogP contribution in [0, 0.1) is 12.7 Å². The Hall–Kier alpha value is -2.70. The summed E-state index contributed by atoms with van der Waals surface area (Å²) in [6, 6.07) is 5.75. The minimum atomic E-state index is -3.08. The zero-order chi connectivity index (χ0) is 17.1. The molecule has 0 amide bonds. The van der Waals surface area contributed by atoms with E-state index in [1.54, 1.807) is 12.5 Å². The van der Waals surface area contributed by atoms with Crippen LogP contribution in [0.1, 0.15) is 11.3 Å². The first-order chi connectivity index (χ1) is 11.5. The van der Waals surface area contributed by atoms with Gasteiger partial charge in [-0.05, 0) is 36.2 Å². The second-order valence-electron chi connectivity index (χ2n) is 5.32. The molecule has 0 bridgehead atoms. The van der Waals surface area contributed by atoms with E-state index in [4.69, 9.17) is 4.74 Å². The Morgan fingerprint density at radius 3 is 2.83 bits per heavy atom. The molecule has 0 N–H and O–H groups in total. The topological polar surface area (TPSA) is 34.6 Å². The van der Waals surface area contributed by atoms with Gasteiger partial charge >= 0.3 is 6.61 Å². The van der Waals surface area contributed by atoms with E-state index in [1.165, 1.54) is 12.1 Å². The fraction of sp³-hybridized carbons (Fsp3) is 0.235. The third kappa shape index (κ3) is 3.61. The van der Waals surface area contributed by atoms with E-state index in [9.17, 15) is 13.2 Å². The minimum absolute atomic E-state index is 0.465. The molecule has 2 heterocycles. The molecular weight excluding hydrogens is 321 g/mol. The zero-order valence-electron chi connectivity index (χ0n) is 12.9. The highest BCUT2D eigenvalue weighted by atomic mass is 19.3. The molecule has 126 valence electrons. The summed E-state index contributed by atoms with van der Waals surface area (Å²) in [6.07, 6.45) is 5.06. The number of benzene rings is 1. The number of aryl methyl sites for hydroxylation is 1. The molecule has 3 rings (SSSR count). The van der Waals surface area contributed by atoms with Gasteiger partial charge in [-0.2, -0.15) is 8.78 Å². The number of pyridine rings is 1. The van der Waals surface area contributed by atoms with E-state index in [1.807, 2.05) is 24.1 Å². The summed E-state index contributed by atoms with van der Waals surface area (Å²) in [4.78, 5) is 6.30. The largest absolute Gasteiger partial charge is 0.479 e. The van der Waals surface area contributed by atoms with Gasteiger partial charge in [0.05, 0.1) is 0 Å². The van der Waals surface area contributed by atoms with E-state index < -0.39 is 18.2 Å². The summed E-state index contributed by atoms with van der Waals surface area (Å²) in [5, 5.41) is 0. The lowest BCUT2D eigenvalue weighted by Gasteiger charge is -2.16. The smallest absolute Gasteiger partial charge is 0.387 e. The highest BCUT2D eigenvalue weighted by Crippen LogP contribution is 2.28. The van der Waals surface area contributed by atoms with E-state index >= 15 is 0 Å². The number of aromatic nitrogens is 1. The molecule has 1 aliphatic rings. The number of hydrogen-bond acceptors (Lipinski definition) is 4. The van der Waals surface area contributed by atoms with Gasteiger partial charge in [-0.3, -0.25) is 4.98 Å². The van der Waals surface area contributed by atoms with Gasteiger partial charge in [0.1, 0.15) is 6.26 Å². The van der Waals surface area contributed by atoms with E-state index in [0.717, 1.165) is 17.3 Å². The number of ether oxygens (including phenoxy) is 2. The second kappa shape index (κ2) is 6.82. The van der Waals surface area contributed by atoms with Crippen LogP contribution in [0.3, 0.4) is 0 Å². The quantitative estimate of drug-likeness (QED) is 0.825. The van der Waals surface area contributed by atoms with Crippen LogP contribution in [0.2, 0.25) is 0 Å². The lowest BCUT2D eigenvalue weighted by atomic mass is 10.0. The van der Waals surface area contributed by atoms with Gasteiger partial charge in [-0.25, -0.2) is 4.39 Å². The van der Waals surface area contributed by atoms with Crippen molar-refractivity contribution in [1.29, 1.82) is 0 Å². The van der Waals surface area contributed by atoms with E-state index in [-0.39, 0.29) is 0 Å². The fourth-order valence-electron chi connectivity index (χ4n) is 2.39. The fourth-order valence-corrected chi connectivity index (χ4v) is 2.39. The van der Waals surface area contributed by atoms with Crippen molar-refractivity contribution in [2.24, 2.45) is 0 Å². The normalized spacial score (nSPS) is 13.5. The van der Waals surface area contributed by atoms with Gasteiger partial charge < -0.3 is 14.4 Å². The first kappa shape index (κ1) is 16.2. The maximum Gasteiger partial charge on any atom is 0.387 e. The van der Waals surface area contributed by atoms with E-state index in [0.29, 0.717) is 24.4 Å². The third-order valence-corrected chi connectivity index (χ3v) is 3.65. The Morgan fingerprint density at radius 1 is 1.29 bits per heavy atom. The van der Waals surface area contributed by atoms with Crippen molar-refractivity contribution in [2.75, 3.05) is 6.73 Å². The highest BCUT2D eigenvalue weighted by Gasteiger charge is 2.13. The molecule has 0 atom stereocenters. The number of alkyl halides is 2. The van der Waals surface area contributed by atoms with Crippen LogP contribution in [0.25, 0.3) is 11.1 Å². The lowest BCUT2D eigenvalue weighted by molar-refractivity contribution is -0.0521. The first-order valence-corrected chi connectivity index (χ1v) is 7.25. The predicted molar refractivity (Wildman–Crippen MR) is 81.6 cm³/mol. The molecule has 0 unspecified atom stereocenters. The lowest BCUT2D eigenvalue weighted by Crippen LogP contribution is -2.15. The number of hydrogen-bond donors (Lipinski definition) is 0. The number of rotatable bonds is 5. The summed E-state index contributed by atoms with van der Waals surface area (Å²) in [5.74, 6) is -1.32. The van der Waals surface area contributed by atoms with Crippen LogP contribution < -0.4 is 4.74 Å². The monoisotopic (exact) mass is 336 g/mol. The van der Waals surface area contributed by atoms with Crippen molar-refractivity contribution in [3.05, 3.63) is 60.0 Å². The minimum Gasteiger partial charge on any atom is -0.479 e. The predicted octanol–water partition coefficient (Wildman–Crippen LogP) is 4.06. The molecule has 4 nitrogen and oxygen atoms in total. The summed E-state index contributed by atoms with van der Waals surface area (Å²) in [6.45, 7) is -0.129. The molecule has 1 aromatic carbocycles. The van der Waals surface area contributed by atoms with Crippen LogP contribution >= 0.6 is 0 Å². The van der Waals surface area contributed by atoms with Gasteiger partial charge in [-0.15, -0.1) is 0 Å². The molecule has 0 spiro atoms. The molecule has 1 aromatic heterocycles. The summed E-state index contributed by atoms with van der Waals surface area (Å²) < 4.78 is 47.6. The van der Waals surface area contributed by atoms with Crippen LogP contribution in [-0.2, 0) is 11.3 Å². The maximum absolute atomic E-state index is 13.6. The second-order valence-corrected chi connectivity index (χ2v) is 5.32. The molecule has 7 heteroatoms. The number of nitrogens with zero attached hydrogens (tertiary/aromatic N) is 2. The highest BCUT2D eigenvalue weighted by molar-refractivity contribution is 5.65. The summed E-state index contributed by atoms with van der Waals surface area (Å²) in [7, 11) is 0. The zero-order valence-corrected chi connectivity index (χ0v) is 12.9. The third-order valence-electron chi connectivity index (χ3n) is 3.65. The molecule has 0 radical (unpaired) electrons. The van der Waals surface area contributed by atoms with Crippen molar-refractivity contribution in [1.82, 2.24) is 9.88 Å². The Morgan fingerprint density at radius 2 is 2.12 bits per heavy atom. The van der Waals surface area contributed by atoms with E-state index in [2.05, 4.69) is 9.72 Å². The van der Waals surface area contributed by atoms with Gasteiger partial charge in [0.15, 0.2) is 18.3 Å². The van der Waals surface area contributed by atoms with Crippen LogP contribution in [0.5, 0.6) is 5.75 Å². The summed E-state index contributed by atoms with van der Waals surface area (Å²) in [5.41, 5.74) is 3.06. The first-order valence-electron chi connectivity index (χ1n) is 7.25. The molecule has 0 saturated heterocycles. The van der Waals surface area contributed by atoms with Crippen molar-refractivity contribution in [3.63, 3.8) is 0 Å². The molecule has 0 saturated carbocycles. The standard InChI is InChI=1S/C17H15F3N2O2/c1-11-14(9-22-4-5-23-10-22)6-13(8-21-11)12-2-3-15(18)16(7-12)24-17(19)20/h2-8,17H,9-10H2,1H3. The Labute approximate surface area is 137 Å². The molecule has 24 heavy (non-hydrogen) atoms. The van der Waals surface area contributed by atoms with Crippen molar-refractivity contribution >= 4 is 0 Å². The van der Waals surface area contributed by atoms with Crippen molar-refractivity contribution < 1.29 is 22.6 Å². The van der Waals surface area contributed by atoms with Crippen LogP contribution in [0.4, 0.5) is 13.2 Å². The number of halogens is 3. The van der Waals surface area contributed by atoms with Gasteiger partial charge in [-0.1, -0.05) is 6.07 Å². The Balaban J connectivity index is 1.90. The van der Waals surface area contributed by atoms with Crippen molar-refractivity contribution in [2.45, 2.75) is 20.1 Å². The molecule has 2 aromatic rings. The Kier molecular flexibility index (Phi) is 4.59. The van der Waals surface area contributed by atoms with Crippen LogP contribution in [0.15, 0.2) is 42.9 Å². The molecule has 1 aliphatic heterocycles. The van der Waals surface area contributed by atoms with Gasteiger partial charge in [0.25, 0.3) is 0 Å².